The molecule has 2 saturated heterocycles. The Labute approximate surface area is 162 Å². The fourth-order valence-corrected chi connectivity index (χ4v) is 5.14. The first-order valence-corrected chi connectivity index (χ1v) is 11.6. The van der Waals surface area contributed by atoms with Gasteiger partial charge in [-0.15, -0.1) is 0 Å². The summed E-state index contributed by atoms with van der Waals surface area (Å²) in [6.07, 6.45) is 5.06. The number of hydrogen-bond donors (Lipinski definition) is 2. The smallest absolute Gasteiger partial charge is 0.211 e. The molecule has 0 amide bonds. The molecule has 1 aromatic rings. The third-order valence-electron chi connectivity index (χ3n) is 5.41. The van der Waals surface area contributed by atoms with Crippen LogP contribution in [0.2, 0.25) is 0 Å². The summed E-state index contributed by atoms with van der Waals surface area (Å²) >= 11 is 0. The number of sulfonamides is 1. The standard InChI is InChI=1S/C19H31N5O2S/c1-27(25,26)24-11-5-8-18(24)14-21-19(20)22-17-9-12-23(13-10-17)15-16-6-3-2-4-7-16/h2-4,6-7,17-18H,5,8-15H2,1H3,(H3,20,21,22)/t18-/m1/s1. The molecule has 0 spiro atoms. The summed E-state index contributed by atoms with van der Waals surface area (Å²) in [4.78, 5) is 6.88. The van der Waals surface area contributed by atoms with Crippen molar-refractivity contribution in [3.8, 4) is 0 Å². The number of nitrogens with two attached hydrogens (primary N) is 1. The van der Waals surface area contributed by atoms with Gasteiger partial charge in [0.25, 0.3) is 0 Å². The second-order valence-corrected chi connectivity index (χ2v) is 9.51. The summed E-state index contributed by atoms with van der Waals surface area (Å²) in [5, 5.41) is 3.31. The van der Waals surface area contributed by atoms with Gasteiger partial charge in [0.15, 0.2) is 5.96 Å². The van der Waals surface area contributed by atoms with Gasteiger partial charge in [-0.05, 0) is 31.2 Å². The van der Waals surface area contributed by atoms with Crippen molar-refractivity contribution < 1.29 is 8.42 Å². The lowest BCUT2D eigenvalue weighted by atomic mass is 10.0. The first kappa shape index (κ1) is 20.1. The second kappa shape index (κ2) is 9.03. The van der Waals surface area contributed by atoms with Crippen LogP contribution in [0.3, 0.4) is 0 Å². The maximum absolute atomic E-state index is 11.8. The van der Waals surface area contributed by atoms with Gasteiger partial charge in [-0.3, -0.25) is 9.89 Å². The highest BCUT2D eigenvalue weighted by atomic mass is 32.2. The number of guanidine groups is 1. The zero-order chi connectivity index (χ0) is 19.3. The Morgan fingerprint density at radius 2 is 1.89 bits per heavy atom. The lowest BCUT2D eigenvalue weighted by Gasteiger charge is -2.32. The predicted molar refractivity (Wildman–Crippen MR) is 109 cm³/mol. The molecule has 1 aromatic carbocycles. The quantitative estimate of drug-likeness (QED) is 0.555. The predicted octanol–water partition coefficient (Wildman–Crippen LogP) is 0.979. The Morgan fingerprint density at radius 3 is 2.56 bits per heavy atom. The van der Waals surface area contributed by atoms with E-state index in [9.17, 15) is 8.42 Å². The van der Waals surface area contributed by atoms with Crippen LogP contribution in [-0.2, 0) is 16.6 Å². The molecule has 0 unspecified atom stereocenters. The molecule has 3 N–H and O–H groups in total. The molecule has 1 atom stereocenters. The molecule has 0 aromatic heterocycles. The van der Waals surface area contributed by atoms with E-state index in [1.165, 1.54) is 11.8 Å². The van der Waals surface area contributed by atoms with Crippen molar-refractivity contribution in [3.63, 3.8) is 0 Å². The minimum Gasteiger partial charge on any atom is -0.370 e. The summed E-state index contributed by atoms with van der Waals surface area (Å²) in [6, 6.07) is 10.8. The zero-order valence-corrected chi connectivity index (χ0v) is 16.9. The third-order valence-corrected chi connectivity index (χ3v) is 6.74. The molecule has 0 radical (unpaired) electrons. The van der Waals surface area contributed by atoms with Crippen LogP contribution >= 0.6 is 0 Å². The van der Waals surface area contributed by atoms with E-state index in [2.05, 4.69) is 39.5 Å². The molecule has 2 aliphatic heterocycles. The summed E-state index contributed by atoms with van der Waals surface area (Å²) < 4.78 is 25.1. The molecular formula is C19H31N5O2S. The van der Waals surface area contributed by atoms with E-state index in [1.807, 2.05) is 6.07 Å². The lowest BCUT2D eigenvalue weighted by molar-refractivity contribution is 0.199. The van der Waals surface area contributed by atoms with E-state index in [4.69, 9.17) is 5.73 Å². The zero-order valence-electron chi connectivity index (χ0n) is 16.0. The number of hydrogen-bond acceptors (Lipinski definition) is 4. The van der Waals surface area contributed by atoms with Gasteiger partial charge in [-0.2, -0.15) is 4.31 Å². The first-order valence-electron chi connectivity index (χ1n) is 9.71. The maximum atomic E-state index is 11.8. The van der Waals surface area contributed by atoms with Gasteiger partial charge in [0.2, 0.25) is 10.0 Å². The Bertz CT molecular complexity index is 730. The van der Waals surface area contributed by atoms with Crippen LogP contribution in [0, 0.1) is 0 Å². The Balaban J connectivity index is 1.42. The summed E-state index contributed by atoms with van der Waals surface area (Å²) in [6.45, 7) is 4.07. The Morgan fingerprint density at radius 1 is 1.19 bits per heavy atom. The van der Waals surface area contributed by atoms with E-state index >= 15 is 0 Å². The lowest BCUT2D eigenvalue weighted by Crippen LogP contribution is -2.47. The highest BCUT2D eigenvalue weighted by molar-refractivity contribution is 7.88. The average Bonchev–Trinajstić information content (AvgIpc) is 3.12. The van der Waals surface area contributed by atoms with Gasteiger partial charge in [0.1, 0.15) is 0 Å². The normalized spacial score (nSPS) is 23.6. The van der Waals surface area contributed by atoms with Crippen molar-refractivity contribution in [2.24, 2.45) is 10.7 Å². The first-order chi connectivity index (χ1) is 12.9. The van der Waals surface area contributed by atoms with Gasteiger partial charge >= 0.3 is 0 Å². The average molecular weight is 394 g/mol. The van der Waals surface area contributed by atoms with Crippen molar-refractivity contribution in [3.05, 3.63) is 35.9 Å². The number of piperidine rings is 1. The van der Waals surface area contributed by atoms with Crippen LogP contribution in [0.25, 0.3) is 0 Å². The molecule has 8 heteroatoms. The van der Waals surface area contributed by atoms with Gasteiger partial charge < -0.3 is 11.1 Å². The van der Waals surface area contributed by atoms with Crippen molar-refractivity contribution in [1.82, 2.24) is 14.5 Å². The minimum absolute atomic E-state index is 0.0620. The summed E-state index contributed by atoms with van der Waals surface area (Å²) in [7, 11) is -3.16. The largest absolute Gasteiger partial charge is 0.370 e. The fraction of sp³-hybridized carbons (Fsp3) is 0.632. The van der Waals surface area contributed by atoms with E-state index < -0.39 is 10.0 Å². The van der Waals surface area contributed by atoms with Crippen LogP contribution in [0.5, 0.6) is 0 Å². The van der Waals surface area contributed by atoms with Gasteiger partial charge in [-0.1, -0.05) is 30.3 Å². The second-order valence-electron chi connectivity index (χ2n) is 7.58. The molecule has 0 aliphatic carbocycles. The number of nitrogens with zero attached hydrogens (tertiary/aromatic N) is 3. The van der Waals surface area contributed by atoms with Gasteiger partial charge in [0.05, 0.1) is 12.8 Å². The molecule has 2 aliphatic rings. The monoisotopic (exact) mass is 393 g/mol. The molecule has 0 bridgehead atoms. The molecule has 2 fully saturated rings. The molecule has 3 rings (SSSR count). The number of nitrogens with one attached hydrogen (secondary N) is 1. The maximum Gasteiger partial charge on any atom is 0.211 e. The van der Waals surface area contributed by atoms with E-state index in [-0.39, 0.29) is 6.04 Å². The SMILES string of the molecule is CS(=O)(=O)N1CCC[C@@H]1CN=C(N)NC1CCN(Cc2ccccc2)CC1. The van der Waals surface area contributed by atoms with Crippen molar-refractivity contribution in [2.75, 3.05) is 32.4 Å². The van der Waals surface area contributed by atoms with Crippen LogP contribution in [0.15, 0.2) is 35.3 Å². The number of rotatable bonds is 6. The van der Waals surface area contributed by atoms with Crippen LogP contribution in [-0.4, -0.2) is 68.1 Å². The van der Waals surface area contributed by atoms with Gasteiger partial charge in [-0.25, -0.2) is 8.42 Å². The van der Waals surface area contributed by atoms with E-state index in [0.29, 0.717) is 25.1 Å². The number of aliphatic imine (C=N–C) groups is 1. The van der Waals surface area contributed by atoms with E-state index in [1.54, 1.807) is 4.31 Å². The molecule has 27 heavy (non-hydrogen) atoms. The Kier molecular flexibility index (Phi) is 6.73. The molecule has 0 saturated carbocycles. The summed E-state index contributed by atoms with van der Waals surface area (Å²) in [5.74, 6) is 0.428. The van der Waals surface area contributed by atoms with E-state index in [0.717, 1.165) is 45.3 Å². The third kappa shape index (κ3) is 5.92. The molecule has 2 heterocycles. The fourth-order valence-electron chi connectivity index (χ4n) is 3.96. The molecular weight excluding hydrogens is 362 g/mol. The number of benzene rings is 1. The highest BCUT2D eigenvalue weighted by Crippen LogP contribution is 2.20. The number of likely N-dealkylation sites (tertiary alicyclic amines) is 1. The van der Waals surface area contributed by atoms with Crippen molar-refractivity contribution in [2.45, 2.75) is 44.3 Å². The van der Waals surface area contributed by atoms with Crippen LogP contribution < -0.4 is 11.1 Å². The van der Waals surface area contributed by atoms with Crippen molar-refractivity contribution >= 4 is 16.0 Å². The molecule has 150 valence electrons. The molecule has 7 nitrogen and oxygen atoms in total. The topological polar surface area (TPSA) is 91.0 Å². The Hall–Kier alpha value is -1.64. The van der Waals surface area contributed by atoms with Gasteiger partial charge in [0, 0.05) is 38.3 Å². The van der Waals surface area contributed by atoms with Crippen LogP contribution in [0.4, 0.5) is 0 Å². The van der Waals surface area contributed by atoms with Crippen LogP contribution in [0.1, 0.15) is 31.2 Å². The van der Waals surface area contributed by atoms with Crippen molar-refractivity contribution in [1.29, 1.82) is 0 Å². The summed E-state index contributed by atoms with van der Waals surface area (Å²) in [5.41, 5.74) is 7.40. The minimum atomic E-state index is -3.16. The highest BCUT2D eigenvalue weighted by Gasteiger charge is 2.31.